The van der Waals surface area contributed by atoms with Crippen LogP contribution in [0.1, 0.15) is 10.4 Å². The topological polar surface area (TPSA) is 46.5 Å². The van der Waals surface area contributed by atoms with Gasteiger partial charge in [-0.3, -0.25) is 0 Å². The van der Waals surface area contributed by atoms with Gasteiger partial charge < -0.3 is 9.84 Å². The van der Waals surface area contributed by atoms with Crippen LogP contribution in [0.25, 0.3) is 0 Å². The number of carbonyl (C=O) groups is 1. The lowest BCUT2D eigenvalue weighted by Gasteiger charge is -2.25. The summed E-state index contributed by atoms with van der Waals surface area (Å²) in [5, 5.41) is 9.54. The summed E-state index contributed by atoms with van der Waals surface area (Å²) in [6.45, 7) is 1.51. The first kappa shape index (κ1) is 10.8. The number of halogens is 1. The van der Waals surface area contributed by atoms with E-state index in [9.17, 15) is 4.79 Å². The van der Waals surface area contributed by atoms with Crippen molar-refractivity contribution in [2.75, 3.05) is 13.2 Å². The maximum absolute atomic E-state index is 10.7. The van der Waals surface area contributed by atoms with E-state index in [0.29, 0.717) is 5.25 Å². The van der Waals surface area contributed by atoms with E-state index < -0.39 is 5.97 Å². The number of thioether (sulfide) groups is 1. The Kier molecular flexibility index (Phi) is 3.19. The molecule has 0 bridgehead atoms. The van der Waals surface area contributed by atoms with E-state index in [1.165, 1.54) is 6.07 Å². The molecule has 1 heterocycles. The fraction of sp³-hybridized carbons (Fsp3) is 0.300. The van der Waals surface area contributed by atoms with Crippen LogP contribution in [0.4, 0.5) is 0 Å². The molecular weight excluding hydrogens is 236 g/mol. The molecule has 1 aromatic carbocycles. The lowest BCUT2D eigenvalue weighted by atomic mass is 10.2. The van der Waals surface area contributed by atoms with Crippen LogP contribution in [0, 0.1) is 0 Å². The first-order valence-corrected chi connectivity index (χ1v) is 5.70. The molecule has 0 unspecified atom stereocenters. The van der Waals surface area contributed by atoms with Crippen molar-refractivity contribution in [2.45, 2.75) is 10.1 Å². The van der Waals surface area contributed by atoms with Crippen LogP contribution in [-0.4, -0.2) is 29.5 Å². The van der Waals surface area contributed by atoms with Gasteiger partial charge in [0.2, 0.25) is 0 Å². The second kappa shape index (κ2) is 4.43. The van der Waals surface area contributed by atoms with Gasteiger partial charge in [0, 0.05) is 4.90 Å². The van der Waals surface area contributed by atoms with Gasteiger partial charge in [-0.1, -0.05) is 11.6 Å². The van der Waals surface area contributed by atoms with Crippen LogP contribution in [0.3, 0.4) is 0 Å². The normalized spacial score (nSPS) is 16.1. The number of benzene rings is 1. The number of hydrogen-bond donors (Lipinski definition) is 1. The number of hydrogen-bond acceptors (Lipinski definition) is 3. The Bertz CT molecular complexity index is 390. The molecule has 15 heavy (non-hydrogen) atoms. The second-order valence-electron chi connectivity index (χ2n) is 3.22. The molecule has 3 nitrogen and oxygen atoms in total. The number of rotatable bonds is 3. The van der Waals surface area contributed by atoms with Crippen molar-refractivity contribution in [1.29, 1.82) is 0 Å². The lowest BCUT2D eigenvalue weighted by Crippen LogP contribution is -2.29. The van der Waals surface area contributed by atoms with E-state index in [-0.39, 0.29) is 10.6 Å². The largest absolute Gasteiger partial charge is 0.478 e. The van der Waals surface area contributed by atoms with Gasteiger partial charge in [-0.2, -0.15) is 0 Å². The highest BCUT2D eigenvalue weighted by molar-refractivity contribution is 8.00. The highest BCUT2D eigenvalue weighted by atomic mass is 35.5. The zero-order valence-corrected chi connectivity index (χ0v) is 9.35. The molecule has 1 aromatic rings. The average Bonchev–Trinajstić information content (AvgIpc) is 2.11. The summed E-state index contributed by atoms with van der Waals surface area (Å²) in [6.07, 6.45) is 0. The Hall–Kier alpha value is -0.710. The molecule has 1 aliphatic heterocycles. The van der Waals surface area contributed by atoms with Crippen LogP contribution < -0.4 is 0 Å². The number of aromatic carboxylic acids is 1. The Balaban J connectivity index is 2.13. The highest BCUT2D eigenvalue weighted by Gasteiger charge is 2.20. The molecule has 0 atom stereocenters. The third-order valence-corrected chi connectivity index (χ3v) is 3.53. The molecule has 1 aliphatic rings. The van der Waals surface area contributed by atoms with Gasteiger partial charge in [-0.25, -0.2) is 4.79 Å². The summed E-state index contributed by atoms with van der Waals surface area (Å²) in [5.41, 5.74) is 0.144. The van der Waals surface area contributed by atoms with Crippen LogP contribution >= 0.6 is 23.4 Å². The highest BCUT2D eigenvalue weighted by Crippen LogP contribution is 2.30. The fourth-order valence-corrected chi connectivity index (χ4v) is 2.59. The van der Waals surface area contributed by atoms with Gasteiger partial charge in [0.25, 0.3) is 0 Å². The first-order valence-electron chi connectivity index (χ1n) is 4.44. The summed E-state index contributed by atoms with van der Waals surface area (Å²) < 4.78 is 5.05. The quantitative estimate of drug-likeness (QED) is 0.888. The average molecular weight is 245 g/mol. The van der Waals surface area contributed by atoms with E-state index in [4.69, 9.17) is 21.4 Å². The Morgan fingerprint density at radius 3 is 2.73 bits per heavy atom. The molecule has 2 rings (SSSR count). The number of carboxylic acid groups (broad SMARTS) is 1. The van der Waals surface area contributed by atoms with Crippen LogP contribution in [0.2, 0.25) is 5.02 Å². The summed E-state index contributed by atoms with van der Waals surface area (Å²) in [7, 11) is 0. The molecule has 0 aromatic heterocycles. The molecular formula is C10H9ClO3S. The van der Waals surface area contributed by atoms with Crippen molar-refractivity contribution in [3.05, 3.63) is 28.8 Å². The molecule has 1 fully saturated rings. The zero-order chi connectivity index (χ0) is 10.8. The van der Waals surface area contributed by atoms with Crippen molar-refractivity contribution < 1.29 is 14.6 Å². The summed E-state index contributed by atoms with van der Waals surface area (Å²) in [5.74, 6) is -0.997. The van der Waals surface area contributed by atoms with Crippen molar-refractivity contribution in [3.8, 4) is 0 Å². The standard InChI is InChI=1S/C10H9ClO3S/c11-9-3-6(15-7-4-14-5-7)1-2-8(9)10(12)13/h1-3,7H,4-5H2,(H,12,13). The summed E-state index contributed by atoms with van der Waals surface area (Å²) in [4.78, 5) is 11.7. The van der Waals surface area contributed by atoms with Gasteiger partial charge in [-0.05, 0) is 18.2 Å². The SMILES string of the molecule is O=C(O)c1ccc(SC2COC2)cc1Cl. The van der Waals surface area contributed by atoms with E-state index >= 15 is 0 Å². The van der Waals surface area contributed by atoms with Crippen molar-refractivity contribution in [3.63, 3.8) is 0 Å². The van der Waals surface area contributed by atoms with Gasteiger partial charge in [0.1, 0.15) is 0 Å². The van der Waals surface area contributed by atoms with Crippen LogP contribution in [-0.2, 0) is 4.74 Å². The second-order valence-corrected chi connectivity index (χ2v) is 5.01. The van der Waals surface area contributed by atoms with E-state index in [2.05, 4.69) is 0 Å². The lowest BCUT2D eigenvalue weighted by molar-refractivity contribution is 0.0455. The van der Waals surface area contributed by atoms with Crippen LogP contribution in [0.15, 0.2) is 23.1 Å². The maximum Gasteiger partial charge on any atom is 0.337 e. The Morgan fingerprint density at radius 2 is 2.27 bits per heavy atom. The summed E-state index contributed by atoms with van der Waals surface area (Å²) >= 11 is 7.51. The Labute approximate surface area is 96.4 Å². The molecule has 80 valence electrons. The third kappa shape index (κ3) is 2.45. The zero-order valence-electron chi connectivity index (χ0n) is 7.77. The molecule has 0 radical (unpaired) electrons. The van der Waals surface area contributed by atoms with Gasteiger partial charge in [0.05, 0.1) is 29.0 Å². The smallest absolute Gasteiger partial charge is 0.337 e. The molecule has 1 saturated heterocycles. The number of ether oxygens (including phenoxy) is 1. The monoisotopic (exact) mass is 244 g/mol. The van der Waals surface area contributed by atoms with Gasteiger partial charge in [-0.15, -0.1) is 11.8 Å². The fourth-order valence-electron chi connectivity index (χ4n) is 1.22. The van der Waals surface area contributed by atoms with Crippen LogP contribution in [0.5, 0.6) is 0 Å². The van der Waals surface area contributed by atoms with Crippen molar-refractivity contribution >= 4 is 29.3 Å². The predicted molar refractivity (Wildman–Crippen MR) is 58.9 cm³/mol. The maximum atomic E-state index is 10.7. The van der Waals surface area contributed by atoms with Crippen molar-refractivity contribution in [1.82, 2.24) is 0 Å². The minimum Gasteiger partial charge on any atom is -0.478 e. The molecule has 0 amide bonds. The molecule has 0 aliphatic carbocycles. The summed E-state index contributed by atoms with van der Waals surface area (Å²) in [6, 6.07) is 5.00. The molecule has 1 N–H and O–H groups in total. The molecule has 0 saturated carbocycles. The molecule has 5 heteroatoms. The Morgan fingerprint density at radius 1 is 1.53 bits per heavy atom. The molecule has 0 spiro atoms. The minimum atomic E-state index is -0.997. The van der Waals surface area contributed by atoms with E-state index in [1.54, 1.807) is 23.9 Å². The van der Waals surface area contributed by atoms with E-state index in [0.717, 1.165) is 18.1 Å². The number of carboxylic acids is 1. The van der Waals surface area contributed by atoms with Crippen molar-refractivity contribution in [2.24, 2.45) is 0 Å². The minimum absolute atomic E-state index is 0.144. The van der Waals surface area contributed by atoms with Gasteiger partial charge >= 0.3 is 5.97 Å². The predicted octanol–water partition coefficient (Wildman–Crippen LogP) is 2.53. The first-order chi connectivity index (χ1) is 7.16. The van der Waals surface area contributed by atoms with Gasteiger partial charge in [0.15, 0.2) is 0 Å². The third-order valence-electron chi connectivity index (χ3n) is 2.08. The van der Waals surface area contributed by atoms with E-state index in [1.807, 2.05) is 0 Å².